The second-order valence-electron chi connectivity index (χ2n) is 4.90. The molecule has 0 radical (unpaired) electrons. The molecule has 3 nitrogen and oxygen atoms in total. The summed E-state index contributed by atoms with van der Waals surface area (Å²) in [7, 11) is 0. The topological polar surface area (TPSA) is 40.5 Å². The smallest absolute Gasteiger partial charge is 0.321 e. The van der Waals surface area contributed by atoms with Gasteiger partial charge in [-0.3, -0.25) is 9.69 Å². The Labute approximate surface area is 116 Å². The second-order valence-corrected chi connectivity index (χ2v) is 5.75. The molecule has 1 saturated heterocycles. The summed E-state index contributed by atoms with van der Waals surface area (Å²) in [5.41, 5.74) is 2.25. The number of nitrogens with zero attached hydrogens (tertiary/aromatic N) is 1. The van der Waals surface area contributed by atoms with Crippen molar-refractivity contribution >= 4 is 21.9 Å². The number of halogens is 1. The maximum absolute atomic E-state index is 11.4. The number of likely N-dealkylation sites (tertiary alicyclic amines) is 1. The van der Waals surface area contributed by atoms with E-state index >= 15 is 0 Å². The van der Waals surface area contributed by atoms with Gasteiger partial charge in [0.25, 0.3) is 0 Å². The van der Waals surface area contributed by atoms with Gasteiger partial charge in [0.2, 0.25) is 0 Å². The summed E-state index contributed by atoms with van der Waals surface area (Å²) in [4.78, 5) is 13.5. The Bertz CT molecular complexity index is 441. The van der Waals surface area contributed by atoms with Crippen LogP contribution in [0.4, 0.5) is 0 Å². The lowest BCUT2D eigenvalue weighted by atomic mass is 10.0. The minimum atomic E-state index is -0.718. The van der Waals surface area contributed by atoms with Gasteiger partial charge in [0.1, 0.15) is 6.04 Å². The Morgan fingerprint density at radius 2 is 2.11 bits per heavy atom. The average molecular weight is 312 g/mol. The van der Waals surface area contributed by atoms with Gasteiger partial charge in [-0.25, -0.2) is 0 Å². The van der Waals surface area contributed by atoms with Crippen LogP contribution in [0.2, 0.25) is 0 Å². The quantitative estimate of drug-likeness (QED) is 0.929. The molecule has 0 amide bonds. The fourth-order valence-electron chi connectivity index (χ4n) is 2.45. The van der Waals surface area contributed by atoms with Crippen molar-refractivity contribution in [3.8, 4) is 0 Å². The molecule has 1 aliphatic rings. The molecule has 98 valence electrons. The maximum Gasteiger partial charge on any atom is 0.321 e. The lowest BCUT2D eigenvalue weighted by molar-refractivity contribution is -0.142. The molecular formula is C14H18BrNO2. The number of aliphatic carboxylic acids is 1. The molecule has 1 aromatic carbocycles. The van der Waals surface area contributed by atoms with Gasteiger partial charge in [-0.15, -0.1) is 0 Å². The van der Waals surface area contributed by atoms with Crippen LogP contribution in [0.5, 0.6) is 0 Å². The van der Waals surface area contributed by atoms with Crippen molar-refractivity contribution in [3.05, 3.63) is 33.8 Å². The van der Waals surface area contributed by atoms with Crippen LogP contribution in [0.1, 0.15) is 24.0 Å². The molecular weight excluding hydrogens is 294 g/mol. The van der Waals surface area contributed by atoms with Gasteiger partial charge >= 0.3 is 5.97 Å². The number of carboxylic acids is 1. The molecule has 1 aliphatic heterocycles. The van der Waals surface area contributed by atoms with Gasteiger partial charge in [-0.1, -0.05) is 28.1 Å². The molecule has 1 atom stereocenters. The van der Waals surface area contributed by atoms with Crippen LogP contribution in [0.3, 0.4) is 0 Å². The third kappa shape index (κ3) is 3.12. The molecule has 4 heteroatoms. The molecule has 0 bridgehead atoms. The van der Waals surface area contributed by atoms with E-state index in [9.17, 15) is 9.90 Å². The van der Waals surface area contributed by atoms with Crippen LogP contribution in [0.25, 0.3) is 0 Å². The second kappa shape index (κ2) is 5.85. The summed E-state index contributed by atoms with van der Waals surface area (Å²) >= 11 is 3.52. The van der Waals surface area contributed by atoms with E-state index in [1.165, 1.54) is 5.56 Å². The molecule has 1 heterocycles. The lowest BCUT2D eigenvalue weighted by Gasteiger charge is -2.24. The normalized spacial score (nSPS) is 17.9. The van der Waals surface area contributed by atoms with Crippen molar-refractivity contribution < 1.29 is 9.90 Å². The minimum Gasteiger partial charge on any atom is -0.480 e. The van der Waals surface area contributed by atoms with Crippen LogP contribution < -0.4 is 0 Å². The summed E-state index contributed by atoms with van der Waals surface area (Å²) in [6.07, 6.45) is 2.79. The molecule has 0 saturated carbocycles. The molecule has 1 aromatic rings. The first-order valence-electron chi connectivity index (χ1n) is 6.30. The fraction of sp³-hybridized carbons (Fsp3) is 0.500. The molecule has 1 N–H and O–H groups in total. The highest BCUT2D eigenvalue weighted by Crippen LogP contribution is 2.23. The maximum atomic E-state index is 11.4. The predicted octanol–water partition coefficient (Wildman–Crippen LogP) is 2.85. The summed E-state index contributed by atoms with van der Waals surface area (Å²) in [6.45, 7) is 3.84. The largest absolute Gasteiger partial charge is 0.480 e. The van der Waals surface area contributed by atoms with E-state index in [0.29, 0.717) is 6.42 Å². The van der Waals surface area contributed by atoms with E-state index in [0.717, 1.165) is 36.0 Å². The van der Waals surface area contributed by atoms with E-state index in [-0.39, 0.29) is 0 Å². The van der Waals surface area contributed by atoms with E-state index in [2.05, 4.69) is 20.8 Å². The number of benzene rings is 1. The van der Waals surface area contributed by atoms with Crippen molar-refractivity contribution in [1.82, 2.24) is 4.90 Å². The number of carboxylic acid groups (broad SMARTS) is 1. The number of carbonyl (C=O) groups is 1. The van der Waals surface area contributed by atoms with E-state index < -0.39 is 12.0 Å². The zero-order valence-electron chi connectivity index (χ0n) is 10.5. The number of hydrogen-bond donors (Lipinski definition) is 1. The van der Waals surface area contributed by atoms with Crippen LogP contribution in [-0.4, -0.2) is 35.1 Å². The first-order valence-corrected chi connectivity index (χ1v) is 7.09. The van der Waals surface area contributed by atoms with Crippen molar-refractivity contribution in [2.75, 3.05) is 13.1 Å². The van der Waals surface area contributed by atoms with Crippen molar-refractivity contribution in [2.24, 2.45) is 0 Å². The van der Waals surface area contributed by atoms with Crippen molar-refractivity contribution in [2.45, 2.75) is 32.2 Å². The van der Waals surface area contributed by atoms with Crippen LogP contribution in [0, 0.1) is 6.92 Å². The Morgan fingerprint density at radius 1 is 1.44 bits per heavy atom. The number of aryl methyl sites for hydroxylation is 1. The molecule has 18 heavy (non-hydrogen) atoms. The summed E-state index contributed by atoms with van der Waals surface area (Å²) in [6, 6.07) is 5.69. The highest BCUT2D eigenvalue weighted by atomic mass is 79.9. The average Bonchev–Trinajstić information content (AvgIpc) is 2.80. The summed E-state index contributed by atoms with van der Waals surface area (Å²) in [5, 5.41) is 9.38. The first kappa shape index (κ1) is 13.6. The van der Waals surface area contributed by atoms with Gasteiger partial charge < -0.3 is 5.11 Å². The molecule has 0 spiro atoms. The van der Waals surface area contributed by atoms with Crippen molar-refractivity contribution in [1.29, 1.82) is 0 Å². The highest BCUT2D eigenvalue weighted by Gasteiger charge is 2.28. The van der Waals surface area contributed by atoms with Crippen LogP contribution >= 0.6 is 15.9 Å². The van der Waals surface area contributed by atoms with Crippen LogP contribution in [0.15, 0.2) is 22.7 Å². The third-order valence-corrected chi connectivity index (χ3v) is 4.23. The van der Waals surface area contributed by atoms with Gasteiger partial charge in [0.05, 0.1) is 0 Å². The summed E-state index contributed by atoms with van der Waals surface area (Å²) < 4.78 is 1.01. The Balaban J connectivity index is 2.15. The predicted molar refractivity (Wildman–Crippen MR) is 74.8 cm³/mol. The first-order chi connectivity index (χ1) is 8.58. The fourth-order valence-corrected chi connectivity index (χ4v) is 3.11. The zero-order chi connectivity index (χ0) is 13.1. The third-order valence-electron chi connectivity index (χ3n) is 3.49. The number of rotatable bonds is 4. The zero-order valence-corrected chi connectivity index (χ0v) is 12.1. The standard InChI is InChI=1S/C14H18BrNO2/c1-10-4-5-11(12(15)8-10)9-13(14(17)18)16-6-2-3-7-16/h4-5,8,13H,2-3,6-7,9H2,1H3,(H,17,18). The Morgan fingerprint density at radius 3 is 2.67 bits per heavy atom. The van der Waals surface area contributed by atoms with Crippen LogP contribution in [-0.2, 0) is 11.2 Å². The highest BCUT2D eigenvalue weighted by molar-refractivity contribution is 9.10. The molecule has 0 aromatic heterocycles. The van der Waals surface area contributed by atoms with Gasteiger partial charge in [0.15, 0.2) is 0 Å². The lowest BCUT2D eigenvalue weighted by Crippen LogP contribution is -2.40. The van der Waals surface area contributed by atoms with Gasteiger partial charge in [-0.2, -0.15) is 0 Å². The monoisotopic (exact) mass is 311 g/mol. The van der Waals surface area contributed by atoms with E-state index in [4.69, 9.17) is 0 Å². The summed E-state index contributed by atoms with van der Waals surface area (Å²) in [5.74, 6) is -0.718. The Kier molecular flexibility index (Phi) is 4.40. The Hall–Kier alpha value is -0.870. The van der Waals surface area contributed by atoms with E-state index in [1.54, 1.807) is 0 Å². The van der Waals surface area contributed by atoms with Crippen molar-refractivity contribution in [3.63, 3.8) is 0 Å². The molecule has 2 rings (SSSR count). The molecule has 1 unspecified atom stereocenters. The van der Waals surface area contributed by atoms with E-state index in [1.807, 2.05) is 25.1 Å². The molecule has 1 fully saturated rings. The molecule has 0 aliphatic carbocycles. The SMILES string of the molecule is Cc1ccc(CC(C(=O)O)N2CCCC2)c(Br)c1. The van der Waals surface area contributed by atoms with Gasteiger partial charge in [-0.05, 0) is 56.5 Å². The van der Waals surface area contributed by atoms with Gasteiger partial charge in [0, 0.05) is 4.47 Å². The number of hydrogen-bond acceptors (Lipinski definition) is 2. The minimum absolute atomic E-state index is 0.397.